The Morgan fingerprint density at radius 2 is 1.82 bits per heavy atom. The monoisotopic (exact) mass is 477 g/mol. The van der Waals surface area contributed by atoms with Crippen LogP contribution >= 0.6 is 23.4 Å². The molecule has 3 aromatic rings. The van der Waals surface area contributed by atoms with Crippen LogP contribution in [0.4, 0.5) is 17.1 Å². The van der Waals surface area contributed by atoms with Crippen LogP contribution in [-0.4, -0.2) is 30.0 Å². The van der Waals surface area contributed by atoms with E-state index in [2.05, 4.69) is 5.32 Å². The van der Waals surface area contributed by atoms with Gasteiger partial charge in [0.1, 0.15) is 6.54 Å². The molecule has 0 aromatic heterocycles. The molecule has 1 atom stereocenters. The summed E-state index contributed by atoms with van der Waals surface area (Å²) in [6, 6.07) is 21.7. The summed E-state index contributed by atoms with van der Waals surface area (Å²) in [6.07, 6.45) is 0. The fourth-order valence-electron chi connectivity index (χ4n) is 4.32. The number of fused-ring (bicyclic) bond motifs is 2. The molecule has 5 rings (SSSR count). The first kappa shape index (κ1) is 21.6. The summed E-state index contributed by atoms with van der Waals surface area (Å²) < 4.78 is 0. The Hall–Kier alpha value is -3.29. The van der Waals surface area contributed by atoms with Gasteiger partial charge in [0.05, 0.1) is 11.4 Å². The highest BCUT2D eigenvalue weighted by molar-refractivity contribution is 8.02. The average molecular weight is 478 g/mol. The van der Waals surface area contributed by atoms with Gasteiger partial charge in [-0.3, -0.25) is 24.2 Å². The fourth-order valence-corrected chi connectivity index (χ4v) is 5.87. The normalized spacial score (nSPS) is 19.3. The third-order valence-electron chi connectivity index (χ3n) is 5.77. The van der Waals surface area contributed by atoms with Crippen LogP contribution in [0.15, 0.2) is 72.8 Å². The molecule has 2 aliphatic rings. The number of hydrogen-bond donors (Lipinski definition) is 1. The van der Waals surface area contributed by atoms with Gasteiger partial charge >= 0.3 is 0 Å². The number of rotatable bonds is 4. The number of anilines is 3. The number of carbonyl (C=O) groups is 3. The van der Waals surface area contributed by atoms with Gasteiger partial charge in [-0.1, -0.05) is 53.6 Å². The predicted octanol–water partition coefficient (Wildman–Crippen LogP) is 4.57. The first-order valence-electron chi connectivity index (χ1n) is 10.4. The van der Waals surface area contributed by atoms with E-state index in [0.717, 1.165) is 5.56 Å². The third-order valence-corrected chi connectivity index (χ3v) is 7.39. The van der Waals surface area contributed by atoms with Crippen LogP contribution < -0.4 is 15.1 Å². The molecule has 0 bridgehead atoms. The molecule has 33 heavy (non-hydrogen) atoms. The molecule has 166 valence electrons. The van der Waals surface area contributed by atoms with E-state index in [4.69, 9.17) is 11.6 Å². The first-order valence-corrected chi connectivity index (χ1v) is 11.8. The maximum atomic E-state index is 13.9. The van der Waals surface area contributed by atoms with Gasteiger partial charge in [0.2, 0.25) is 16.7 Å². The predicted molar refractivity (Wildman–Crippen MR) is 132 cm³/mol. The fraction of sp³-hybridized carbons (Fsp3) is 0.160. The highest BCUT2D eigenvalue weighted by Crippen LogP contribution is 2.55. The van der Waals surface area contributed by atoms with E-state index in [-0.39, 0.29) is 30.0 Å². The van der Waals surface area contributed by atoms with Gasteiger partial charge in [-0.25, -0.2) is 0 Å². The molecule has 0 unspecified atom stereocenters. The Balaban J connectivity index is 1.51. The quantitative estimate of drug-likeness (QED) is 0.597. The molecule has 3 amide bonds. The molecule has 3 aromatic carbocycles. The highest BCUT2D eigenvalue weighted by Gasteiger charge is 2.61. The van der Waals surface area contributed by atoms with Crippen molar-refractivity contribution in [2.75, 3.05) is 27.4 Å². The number of carbonyl (C=O) groups excluding carboxylic acids is 3. The van der Waals surface area contributed by atoms with Gasteiger partial charge in [0.25, 0.3) is 5.91 Å². The first-order chi connectivity index (χ1) is 15.9. The van der Waals surface area contributed by atoms with Crippen LogP contribution in [0.25, 0.3) is 0 Å². The topological polar surface area (TPSA) is 69.7 Å². The summed E-state index contributed by atoms with van der Waals surface area (Å²) in [4.78, 5) is 41.6. The van der Waals surface area contributed by atoms with Crippen molar-refractivity contribution in [3.8, 4) is 0 Å². The van der Waals surface area contributed by atoms with E-state index >= 15 is 0 Å². The van der Waals surface area contributed by atoms with Crippen molar-refractivity contribution in [2.24, 2.45) is 0 Å². The Bertz CT molecular complexity index is 1280. The van der Waals surface area contributed by atoms with Gasteiger partial charge in [-0.2, -0.15) is 0 Å². The number of halogens is 1. The van der Waals surface area contributed by atoms with Crippen molar-refractivity contribution in [1.82, 2.24) is 0 Å². The summed E-state index contributed by atoms with van der Waals surface area (Å²) in [5.41, 5.74) is 3.60. The Morgan fingerprint density at radius 3 is 2.58 bits per heavy atom. The lowest BCUT2D eigenvalue weighted by Gasteiger charge is -2.33. The van der Waals surface area contributed by atoms with Gasteiger partial charge in [-0.05, 0) is 43.3 Å². The zero-order valence-electron chi connectivity index (χ0n) is 17.7. The molecule has 6 nitrogen and oxygen atoms in total. The zero-order chi connectivity index (χ0) is 23.2. The maximum absolute atomic E-state index is 13.9. The summed E-state index contributed by atoms with van der Waals surface area (Å²) in [5, 5.41) is 3.30. The number of nitrogens with one attached hydrogen (secondary N) is 1. The smallest absolute Gasteiger partial charge is 0.269 e. The minimum absolute atomic E-state index is 0.141. The minimum atomic E-state index is -1.24. The lowest BCUT2D eigenvalue weighted by atomic mass is 10.0. The van der Waals surface area contributed by atoms with Crippen LogP contribution in [0.1, 0.15) is 11.1 Å². The summed E-state index contributed by atoms with van der Waals surface area (Å²) in [6.45, 7) is 1.79. The van der Waals surface area contributed by atoms with E-state index < -0.39 is 4.87 Å². The standard InChI is InChI=1S/C25H20ClN3O3S/c1-16-9-11-19(12-10-16)29-23(31)15-33-25(29)20-7-2-3-8-21(20)28(24(25)32)14-22(30)27-18-6-4-5-17(26)13-18/h2-13H,14-15H2,1H3,(H,27,30)/t25-/m0/s1. The maximum Gasteiger partial charge on any atom is 0.269 e. The van der Waals surface area contributed by atoms with Crippen molar-refractivity contribution in [3.63, 3.8) is 0 Å². The molecular formula is C25H20ClN3O3S. The summed E-state index contributed by atoms with van der Waals surface area (Å²) in [7, 11) is 0. The molecule has 2 aliphatic heterocycles. The number of nitrogens with zero attached hydrogens (tertiary/aromatic N) is 2. The largest absolute Gasteiger partial charge is 0.324 e. The lowest BCUT2D eigenvalue weighted by molar-refractivity contribution is -0.124. The van der Waals surface area contributed by atoms with Crippen LogP contribution in [0, 0.1) is 6.92 Å². The average Bonchev–Trinajstić information content (AvgIpc) is 3.26. The second-order valence-electron chi connectivity index (χ2n) is 7.96. The van der Waals surface area contributed by atoms with E-state index in [9.17, 15) is 14.4 Å². The second kappa shape index (κ2) is 8.24. The Kier molecular flexibility index (Phi) is 5.38. The van der Waals surface area contributed by atoms with Crippen molar-refractivity contribution in [1.29, 1.82) is 0 Å². The van der Waals surface area contributed by atoms with Gasteiger partial charge < -0.3 is 5.32 Å². The highest BCUT2D eigenvalue weighted by atomic mass is 35.5. The minimum Gasteiger partial charge on any atom is -0.324 e. The van der Waals surface area contributed by atoms with Crippen LogP contribution in [0.5, 0.6) is 0 Å². The molecule has 1 spiro atoms. The van der Waals surface area contributed by atoms with E-state index in [1.807, 2.05) is 55.5 Å². The molecule has 0 saturated carbocycles. The molecule has 0 aliphatic carbocycles. The van der Waals surface area contributed by atoms with Gasteiger partial charge in [-0.15, -0.1) is 11.8 Å². The summed E-state index contributed by atoms with van der Waals surface area (Å²) >= 11 is 7.30. The molecule has 1 fully saturated rings. The number of benzene rings is 3. The molecule has 2 heterocycles. The van der Waals surface area contributed by atoms with Crippen molar-refractivity contribution < 1.29 is 14.4 Å². The molecule has 1 saturated heterocycles. The molecule has 0 radical (unpaired) electrons. The van der Waals surface area contributed by atoms with Gasteiger partial charge in [0.15, 0.2) is 0 Å². The van der Waals surface area contributed by atoms with Crippen molar-refractivity contribution in [3.05, 3.63) is 88.9 Å². The number of hydrogen-bond acceptors (Lipinski definition) is 4. The SMILES string of the molecule is Cc1ccc(N2C(=O)CS[C@@]23C(=O)N(CC(=O)Nc2cccc(Cl)c2)c2ccccc23)cc1. The molecule has 8 heteroatoms. The van der Waals surface area contributed by atoms with Crippen LogP contribution in [-0.2, 0) is 19.3 Å². The number of para-hydroxylation sites is 1. The van der Waals surface area contributed by atoms with Crippen LogP contribution in [0.3, 0.4) is 0 Å². The van der Waals surface area contributed by atoms with Crippen LogP contribution in [0.2, 0.25) is 5.02 Å². The number of amides is 3. The van der Waals surface area contributed by atoms with Gasteiger partial charge in [0, 0.05) is 22.0 Å². The van der Waals surface area contributed by atoms with Crippen molar-refractivity contribution in [2.45, 2.75) is 11.8 Å². The van der Waals surface area contributed by atoms with Crippen molar-refractivity contribution >= 4 is 58.1 Å². The number of aryl methyl sites for hydroxylation is 1. The van der Waals surface area contributed by atoms with E-state index in [0.29, 0.717) is 27.6 Å². The van der Waals surface area contributed by atoms with E-state index in [1.54, 1.807) is 29.2 Å². The number of thioether (sulfide) groups is 1. The lowest BCUT2D eigenvalue weighted by Crippen LogP contribution is -2.50. The summed E-state index contributed by atoms with van der Waals surface area (Å²) in [5.74, 6) is -0.622. The van der Waals surface area contributed by atoms with E-state index in [1.165, 1.54) is 16.7 Å². The molecule has 1 N–H and O–H groups in total. The molecular weight excluding hydrogens is 458 g/mol. The third kappa shape index (κ3) is 3.57. The zero-order valence-corrected chi connectivity index (χ0v) is 19.3. The Morgan fingerprint density at radius 1 is 1.06 bits per heavy atom. The Labute approximate surface area is 200 Å². The second-order valence-corrected chi connectivity index (χ2v) is 9.57.